The van der Waals surface area contributed by atoms with Crippen LogP contribution in [0.15, 0.2) is 23.0 Å². The maximum Gasteiger partial charge on any atom is 0.337 e. The van der Waals surface area contributed by atoms with Crippen LogP contribution < -0.4 is 11.1 Å². The van der Waals surface area contributed by atoms with Crippen LogP contribution in [0.4, 0.5) is 11.4 Å². The number of carbonyl (C=O) groups is 1. The summed E-state index contributed by atoms with van der Waals surface area (Å²) in [5.41, 5.74) is 6.21. The van der Waals surface area contributed by atoms with E-state index in [1.807, 2.05) is 0 Å². The van der Waals surface area contributed by atoms with Crippen molar-refractivity contribution in [2.24, 2.45) is 0 Å². The largest absolute Gasteiger partial charge is 0.478 e. The molecule has 0 aliphatic rings. The molecule has 0 atom stereocenters. The quantitative estimate of drug-likeness (QED) is 0.714. The van der Waals surface area contributed by atoms with Crippen molar-refractivity contribution in [2.45, 2.75) is 6.42 Å². The van der Waals surface area contributed by atoms with E-state index in [1.165, 1.54) is 18.5 Å². The van der Waals surface area contributed by atoms with Crippen molar-refractivity contribution in [1.29, 1.82) is 0 Å². The molecule has 0 fully saturated rings. The number of rotatable bonds is 5. The molecule has 1 aromatic heterocycles. The molecule has 0 saturated heterocycles. The second kappa shape index (κ2) is 5.57. The van der Waals surface area contributed by atoms with Crippen molar-refractivity contribution < 1.29 is 14.4 Å². The van der Waals surface area contributed by atoms with Crippen LogP contribution in [0.25, 0.3) is 0 Å². The highest BCUT2D eigenvalue weighted by Crippen LogP contribution is 2.29. The molecule has 7 nitrogen and oxygen atoms in total. The molecule has 100 valence electrons. The first-order chi connectivity index (χ1) is 9.08. The van der Waals surface area contributed by atoms with Gasteiger partial charge in [-0.1, -0.05) is 16.8 Å². The van der Waals surface area contributed by atoms with Gasteiger partial charge in [-0.3, -0.25) is 0 Å². The van der Waals surface area contributed by atoms with E-state index in [9.17, 15) is 4.79 Å². The zero-order chi connectivity index (χ0) is 13.8. The molecule has 0 unspecified atom stereocenters. The molecule has 0 bridgehead atoms. The van der Waals surface area contributed by atoms with Crippen LogP contribution in [0, 0.1) is 0 Å². The number of hydrogen-bond donors (Lipinski definition) is 3. The third kappa shape index (κ3) is 3.14. The fourth-order valence-corrected chi connectivity index (χ4v) is 1.87. The number of aromatic nitrogens is 2. The molecule has 8 heteroatoms. The third-order valence-corrected chi connectivity index (χ3v) is 2.70. The summed E-state index contributed by atoms with van der Waals surface area (Å²) in [6.45, 7) is 0.420. The molecule has 0 aliphatic heterocycles. The average molecular weight is 283 g/mol. The monoisotopic (exact) mass is 282 g/mol. The Morgan fingerprint density at radius 2 is 2.32 bits per heavy atom. The van der Waals surface area contributed by atoms with Crippen molar-refractivity contribution in [3.63, 3.8) is 0 Å². The number of aromatic carboxylic acids is 1. The Labute approximate surface area is 113 Å². The summed E-state index contributed by atoms with van der Waals surface area (Å²) in [6.07, 6.45) is 1.71. The molecular formula is C11H11ClN4O3. The maximum absolute atomic E-state index is 11.1. The lowest BCUT2D eigenvalue weighted by atomic mass is 10.1. The molecular weight excluding hydrogens is 272 g/mol. The van der Waals surface area contributed by atoms with Gasteiger partial charge < -0.3 is 20.7 Å². The molecule has 0 spiro atoms. The second-order valence-electron chi connectivity index (χ2n) is 3.75. The van der Waals surface area contributed by atoms with Crippen LogP contribution in [-0.2, 0) is 6.42 Å². The molecule has 2 aromatic rings. The van der Waals surface area contributed by atoms with Crippen molar-refractivity contribution >= 4 is 28.9 Å². The summed E-state index contributed by atoms with van der Waals surface area (Å²) in [4.78, 5) is 15.0. The molecule has 2 rings (SSSR count). The minimum absolute atomic E-state index is 0.0260. The molecule has 4 N–H and O–H groups in total. The molecule has 0 radical (unpaired) electrons. The van der Waals surface area contributed by atoms with E-state index in [0.717, 1.165) is 0 Å². The molecule has 1 aromatic carbocycles. The number of nitrogen functional groups attached to an aromatic ring is 1. The molecule has 0 saturated carbocycles. The first-order valence-corrected chi connectivity index (χ1v) is 5.77. The minimum Gasteiger partial charge on any atom is -0.478 e. The SMILES string of the molecule is Nc1cc(Cl)c(NCCc2ncon2)c(C(=O)O)c1. The van der Waals surface area contributed by atoms with Gasteiger partial charge in [-0.15, -0.1) is 0 Å². The zero-order valence-electron chi connectivity index (χ0n) is 9.76. The van der Waals surface area contributed by atoms with Crippen molar-refractivity contribution in [1.82, 2.24) is 10.1 Å². The Kier molecular flexibility index (Phi) is 3.86. The number of halogens is 1. The van der Waals surface area contributed by atoms with E-state index in [0.29, 0.717) is 30.2 Å². The van der Waals surface area contributed by atoms with E-state index in [-0.39, 0.29) is 10.6 Å². The number of nitrogens with zero attached hydrogens (tertiary/aromatic N) is 2. The molecule has 0 aliphatic carbocycles. The van der Waals surface area contributed by atoms with Gasteiger partial charge in [0.25, 0.3) is 0 Å². The summed E-state index contributed by atoms with van der Waals surface area (Å²) in [6, 6.07) is 2.84. The number of nitrogens with two attached hydrogens (primary N) is 1. The van der Waals surface area contributed by atoms with E-state index in [4.69, 9.17) is 22.4 Å². The minimum atomic E-state index is -1.10. The van der Waals surface area contributed by atoms with Crippen LogP contribution in [0.3, 0.4) is 0 Å². The Morgan fingerprint density at radius 1 is 1.53 bits per heavy atom. The Morgan fingerprint density at radius 3 is 2.95 bits per heavy atom. The van der Waals surface area contributed by atoms with Gasteiger partial charge in [0.15, 0.2) is 5.82 Å². The van der Waals surface area contributed by atoms with E-state index in [2.05, 4.69) is 20.0 Å². The van der Waals surface area contributed by atoms with E-state index >= 15 is 0 Å². The highest BCUT2D eigenvalue weighted by Gasteiger charge is 2.14. The van der Waals surface area contributed by atoms with Gasteiger partial charge in [-0.25, -0.2) is 4.79 Å². The fourth-order valence-electron chi connectivity index (χ4n) is 1.58. The standard InChI is InChI=1S/C11H11ClN4O3/c12-8-4-6(13)3-7(11(17)18)10(8)14-2-1-9-15-5-19-16-9/h3-5,14H,1-2,13H2,(H,17,18). The van der Waals surface area contributed by atoms with Gasteiger partial charge in [0.2, 0.25) is 6.39 Å². The second-order valence-corrected chi connectivity index (χ2v) is 4.16. The van der Waals surface area contributed by atoms with Gasteiger partial charge >= 0.3 is 5.97 Å². The fraction of sp³-hybridized carbons (Fsp3) is 0.182. The zero-order valence-corrected chi connectivity index (χ0v) is 10.5. The third-order valence-electron chi connectivity index (χ3n) is 2.40. The van der Waals surface area contributed by atoms with Crippen LogP contribution in [0.2, 0.25) is 5.02 Å². The van der Waals surface area contributed by atoms with Gasteiger partial charge in [-0.05, 0) is 12.1 Å². The number of benzene rings is 1. The average Bonchev–Trinajstić information content (AvgIpc) is 2.84. The Hall–Kier alpha value is -2.28. The van der Waals surface area contributed by atoms with Crippen LogP contribution in [-0.4, -0.2) is 27.8 Å². The Bertz CT molecular complexity index is 586. The first-order valence-electron chi connectivity index (χ1n) is 5.39. The van der Waals surface area contributed by atoms with Gasteiger partial charge in [0.1, 0.15) is 0 Å². The highest BCUT2D eigenvalue weighted by atomic mass is 35.5. The van der Waals surface area contributed by atoms with Gasteiger partial charge in [0, 0.05) is 18.7 Å². The van der Waals surface area contributed by atoms with Crippen molar-refractivity contribution in [3.8, 4) is 0 Å². The van der Waals surface area contributed by atoms with Crippen molar-refractivity contribution in [2.75, 3.05) is 17.6 Å². The predicted molar refractivity (Wildman–Crippen MR) is 69.3 cm³/mol. The first kappa shape index (κ1) is 13.2. The van der Waals surface area contributed by atoms with Crippen molar-refractivity contribution in [3.05, 3.63) is 34.9 Å². The summed E-state index contributed by atoms with van der Waals surface area (Å²) in [7, 11) is 0. The van der Waals surface area contributed by atoms with Crippen LogP contribution in [0.1, 0.15) is 16.2 Å². The summed E-state index contributed by atoms with van der Waals surface area (Å²) in [5.74, 6) is -0.577. The summed E-state index contributed by atoms with van der Waals surface area (Å²) >= 11 is 5.98. The van der Waals surface area contributed by atoms with Crippen LogP contribution in [0.5, 0.6) is 0 Å². The maximum atomic E-state index is 11.1. The van der Waals surface area contributed by atoms with Gasteiger partial charge in [0.05, 0.1) is 16.3 Å². The number of carboxylic acid groups (broad SMARTS) is 1. The summed E-state index contributed by atoms with van der Waals surface area (Å²) in [5, 5.41) is 15.9. The summed E-state index contributed by atoms with van der Waals surface area (Å²) < 4.78 is 4.59. The number of hydrogen-bond acceptors (Lipinski definition) is 6. The van der Waals surface area contributed by atoms with E-state index in [1.54, 1.807) is 0 Å². The topological polar surface area (TPSA) is 114 Å². The van der Waals surface area contributed by atoms with Crippen LogP contribution >= 0.6 is 11.6 Å². The number of nitrogens with one attached hydrogen (secondary N) is 1. The van der Waals surface area contributed by atoms with E-state index < -0.39 is 5.97 Å². The number of anilines is 2. The van der Waals surface area contributed by atoms with Gasteiger partial charge in [-0.2, -0.15) is 4.98 Å². The smallest absolute Gasteiger partial charge is 0.337 e. The Balaban J connectivity index is 2.12. The number of carboxylic acids is 1. The lowest BCUT2D eigenvalue weighted by molar-refractivity contribution is 0.0698. The lowest BCUT2D eigenvalue weighted by Gasteiger charge is -2.11. The lowest BCUT2D eigenvalue weighted by Crippen LogP contribution is -2.11. The highest BCUT2D eigenvalue weighted by molar-refractivity contribution is 6.34. The normalized spacial score (nSPS) is 10.4. The molecule has 1 heterocycles. The predicted octanol–water partition coefficient (Wildman–Crippen LogP) is 1.66. The molecule has 19 heavy (non-hydrogen) atoms. The molecule has 0 amide bonds.